The Balaban J connectivity index is 0.00000220. The predicted molar refractivity (Wildman–Crippen MR) is 87.2 cm³/mol. The molecule has 2 atom stereocenters. The van der Waals surface area contributed by atoms with E-state index in [2.05, 4.69) is 17.6 Å². The first kappa shape index (κ1) is 17.8. The number of hydrogen-bond donors (Lipinski definition) is 2. The van der Waals surface area contributed by atoms with Crippen LogP contribution in [0.3, 0.4) is 0 Å². The van der Waals surface area contributed by atoms with E-state index in [1.165, 1.54) is 0 Å². The summed E-state index contributed by atoms with van der Waals surface area (Å²) in [5.41, 5.74) is 2.13. The first-order chi connectivity index (χ1) is 9.58. The van der Waals surface area contributed by atoms with E-state index >= 15 is 0 Å². The van der Waals surface area contributed by atoms with Crippen LogP contribution in [0.25, 0.3) is 0 Å². The Morgan fingerprint density at radius 1 is 1.38 bits per heavy atom. The van der Waals surface area contributed by atoms with Gasteiger partial charge in [-0.25, -0.2) is 0 Å². The second-order valence-electron chi connectivity index (χ2n) is 5.65. The summed E-state index contributed by atoms with van der Waals surface area (Å²) >= 11 is 0. The third-order valence-corrected chi connectivity index (χ3v) is 3.89. The highest BCUT2D eigenvalue weighted by atomic mass is 35.5. The van der Waals surface area contributed by atoms with Gasteiger partial charge in [-0.2, -0.15) is 0 Å². The molecule has 1 aliphatic heterocycles. The van der Waals surface area contributed by atoms with Crippen LogP contribution in [0.1, 0.15) is 24.5 Å². The number of aryl methyl sites for hydroxylation is 2. The van der Waals surface area contributed by atoms with Crippen LogP contribution in [-0.2, 0) is 4.79 Å². The smallest absolute Gasteiger partial charge is 0.258 e. The number of piperidine rings is 1. The molecule has 1 saturated heterocycles. The van der Waals surface area contributed by atoms with Crippen molar-refractivity contribution < 1.29 is 9.53 Å². The zero-order valence-electron chi connectivity index (χ0n) is 12.9. The van der Waals surface area contributed by atoms with Crippen LogP contribution in [0.2, 0.25) is 0 Å². The van der Waals surface area contributed by atoms with Gasteiger partial charge in [-0.15, -0.1) is 12.4 Å². The van der Waals surface area contributed by atoms with Gasteiger partial charge in [0.15, 0.2) is 6.61 Å². The highest BCUT2D eigenvalue weighted by Crippen LogP contribution is 2.22. The number of benzene rings is 1. The topological polar surface area (TPSA) is 50.4 Å². The minimum Gasteiger partial charge on any atom is -0.483 e. The van der Waals surface area contributed by atoms with Gasteiger partial charge >= 0.3 is 0 Å². The average molecular weight is 313 g/mol. The molecule has 0 spiro atoms. The second kappa shape index (κ2) is 8.25. The van der Waals surface area contributed by atoms with E-state index in [-0.39, 0.29) is 31.0 Å². The fourth-order valence-electron chi connectivity index (χ4n) is 2.64. The lowest BCUT2D eigenvalue weighted by molar-refractivity contribution is -0.124. The highest BCUT2D eigenvalue weighted by Gasteiger charge is 2.22. The molecule has 0 bridgehead atoms. The maximum atomic E-state index is 12.0. The fourth-order valence-corrected chi connectivity index (χ4v) is 2.64. The summed E-state index contributed by atoms with van der Waals surface area (Å²) in [6, 6.07) is 6.24. The van der Waals surface area contributed by atoms with Gasteiger partial charge in [0.05, 0.1) is 0 Å². The third-order valence-electron chi connectivity index (χ3n) is 3.89. The molecule has 21 heavy (non-hydrogen) atoms. The van der Waals surface area contributed by atoms with Gasteiger partial charge in [-0.05, 0) is 50.4 Å². The molecule has 4 nitrogen and oxygen atoms in total. The fraction of sp³-hybridized carbons (Fsp3) is 0.562. The average Bonchev–Trinajstić information content (AvgIpc) is 2.41. The minimum absolute atomic E-state index is 0. The molecule has 0 saturated carbocycles. The van der Waals surface area contributed by atoms with Crippen molar-refractivity contribution in [2.75, 3.05) is 19.7 Å². The van der Waals surface area contributed by atoms with Crippen LogP contribution in [0.15, 0.2) is 18.2 Å². The van der Waals surface area contributed by atoms with Crippen LogP contribution in [0.5, 0.6) is 5.75 Å². The van der Waals surface area contributed by atoms with Crippen LogP contribution < -0.4 is 15.4 Å². The number of ether oxygens (including phenoxy) is 1. The van der Waals surface area contributed by atoms with Crippen LogP contribution in [0.4, 0.5) is 0 Å². The summed E-state index contributed by atoms with van der Waals surface area (Å²) in [4.78, 5) is 12.0. The Kier molecular flexibility index (Phi) is 6.99. The summed E-state index contributed by atoms with van der Waals surface area (Å²) in [6.45, 7) is 8.16. The first-order valence-corrected chi connectivity index (χ1v) is 7.27. The van der Waals surface area contributed by atoms with Crippen molar-refractivity contribution >= 4 is 18.3 Å². The van der Waals surface area contributed by atoms with E-state index in [1.807, 2.05) is 32.0 Å². The van der Waals surface area contributed by atoms with Gasteiger partial charge in [-0.3, -0.25) is 4.79 Å². The maximum absolute atomic E-state index is 12.0. The molecule has 1 aromatic carbocycles. The summed E-state index contributed by atoms with van der Waals surface area (Å²) in [7, 11) is 0. The van der Waals surface area contributed by atoms with Gasteiger partial charge in [0, 0.05) is 6.04 Å². The SMILES string of the molecule is Cc1cccc(C)c1OCC(=O)NC1CCNCC1C.Cl. The Bertz CT molecular complexity index is 459. The summed E-state index contributed by atoms with van der Waals surface area (Å²) in [5.74, 6) is 1.25. The molecule has 1 aliphatic rings. The minimum atomic E-state index is -0.0357. The molecule has 0 aliphatic carbocycles. The zero-order chi connectivity index (χ0) is 14.5. The Morgan fingerprint density at radius 3 is 2.67 bits per heavy atom. The van der Waals surface area contributed by atoms with Crippen molar-refractivity contribution in [1.82, 2.24) is 10.6 Å². The molecule has 0 aromatic heterocycles. The Morgan fingerprint density at radius 2 is 2.05 bits per heavy atom. The lowest BCUT2D eigenvalue weighted by Crippen LogP contribution is -2.49. The molecule has 1 amide bonds. The molecule has 2 N–H and O–H groups in total. The van der Waals surface area contributed by atoms with Gasteiger partial charge in [0.25, 0.3) is 5.91 Å². The number of carbonyl (C=O) groups is 1. The molecular formula is C16H25ClN2O2. The number of rotatable bonds is 4. The van der Waals surface area contributed by atoms with Crippen molar-refractivity contribution in [3.8, 4) is 5.75 Å². The Hall–Kier alpha value is -1.26. The molecule has 1 heterocycles. The van der Waals surface area contributed by atoms with E-state index in [4.69, 9.17) is 4.74 Å². The van der Waals surface area contributed by atoms with E-state index < -0.39 is 0 Å². The maximum Gasteiger partial charge on any atom is 0.258 e. The molecule has 2 rings (SSSR count). The standard InChI is InChI=1S/C16H24N2O2.ClH/c1-11-5-4-6-12(2)16(11)20-10-15(19)18-14-7-8-17-9-13(14)3;/h4-6,13-14,17H,7-10H2,1-3H3,(H,18,19);1H. The Labute approximate surface area is 133 Å². The molecular weight excluding hydrogens is 288 g/mol. The zero-order valence-corrected chi connectivity index (χ0v) is 13.8. The number of amides is 1. The second-order valence-corrected chi connectivity index (χ2v) is 5.65. The summed E-state index contributed by atoms with van der Waals surface area (Å²) in [5, 5.41) is 6.40. The monoisotopic (exact) mass is 312 g/mol. The van der Waals surface area contributed by atoms with E-state index in [9.17, 15) is 4.79 Å². The molecule has 1 fully saturated rings. The third kappa shape index (κ3) is 4.90. The first-order valence-electron chi connectivity index (χ1n) is 7.27. The summed E-state index contributed by atoms with van der Waals surface area (Å²) in [6.07, 6.45) is 0.982. The van der Waals surface area contributed by atoms with Gasteiger partial charge < -0.3 is 15.4 Å². The molecule has 118 valence electrons. The van der Waals surface area contributed by atoms with E-state index in [1.54, 1.807) is 0 Å². The number of nitrogens with one attached hydrogen (secondary N) is 2. The van der Waals surface area contributed by atoms with Crippen molar-refractivity contribution in [3.63, 3.8) is 0 Å². The van der Waals surface area contributed by atoms with Gasteiger partial charge in [0.2, 0.25) is 0 Å². The van der Waals surface area contributed by atoms with Crippen molar-refractivity contribution in [1.29, 1.82) is 0 Å². The van der Waals surface area contributed by atoms with E-state index in [0.717, 1.165) is 36.4 Å². The highest BCUT2D eigenvalue weighted by molar-refractivity contribution is 5.85. The molecule has 0 radical (unpaired) electrons. The van der Waals surface area contributed by atoms with Crippen molar-refractivity contribution in [2.24, 2.45) is 5.92 Å². The largest absolute Gasteiger partial charge is 0.483 e. The number of para-hydroxylation sites is 1. The predicted octanol–water partition coefficient (Wildman–Crippen LogP) is 2.22. The quantitative estimate of drug-likeness (QED) is 0.896. The van der Waals surface area contributed by atoms with Crippen molar-refractivity contribution in [3.05, 3.63) is 29.3 Å². The number of halogens is 1. The number of hydrogen-bond acceptors (Lipinski definition) is 3. The lowest BCUT2D eigenvalue weighted by Gasteiger charge is -2.30. The lowest BCUT2D eigenvalue weighted by atomic mass is 9.95. The normalized spacial score (nSPS) is 21.3. The summed E-state index contributed by atoms with van der Waals surface area (Å²) < 4.78 is 5.68. The molecule has 2 unspecified atom stereocenters. The van der Waals surface area contributed by atoms with E-state index in [0.29, 0.717) is 5.92 Å². The van der Waals surface area contributed by atoms with Gasteiger partial charge in [0.1, 0.15) is 5.75 Å². The van der Waals surface area contributed by atoms with Crippen LogP contribution in [-0.4, -0.2) is 31.6 Å². The van der Waals surface area contributed by atoms with Crippen LogP contribution >= 0.6 is 12.4 Å². The van der Waals surface area contributed by atoms with Gasteiger partial charge in [-0.1, -0.05) is 25.1 Å². The number of carbonyl (C=O) groups excluding carboxylic acids is 1. The van der Waals surface area contributed by atoms with Crippen molar-refractivity contribution in [2.45, 2.75) is 33.2 Å². The molecule has 1 aromatic rings. The van der Waals surface area contributed by atoms with Crippen LogP contribution in [0, 0.1) is 19.8 Å². The molecule has 5 heteroatoms.